The van der Waals surface area contributed by atoms with Crippen molar-refractivity contribution in [3.05, 3.63) is 119 Å². The zero-order valence-electron chi connectivity index (χ0n) is 25.7. The first-order valence-corrected chi connectivity index (χ1v) is 16.7. The Morgan fingerprint density at radius 1 is 0.826 bits per heavy atom. The molecule has 1 fully saturated rings. The molecule has 1 aromatic heterocycles. The number of amides is 1. The van der Waals surface area contributed by atoms with Gasteiger partial charge in [0.15, 0.2) is 6.29 Å². The number of aliphatic carboxylic acids is 1. The molecule has 9 heteroatoms. The summed E-state index contributed by atoms with van der Waals surface area (Å²) in [5, 5.41) is 22.1. The van der Waals surface area contributed by atoms with Crippen molar-refractivity contribution in [2.24, 2.45) is 0 Å². The van der Waals surface area contributed by atoms with Crippen molar-refractivity contribution in [2.75, 3.05) is 5.75 Å². The number of aliphatic hydroxyl groups is 1. The van der Waals surface area contributed by atoms with Gasteiger partial charge in [-0.25, -0.2) is 4.98 Å². The third-order valence-electron chi connectivity index (χ3n) is 7.90. The van der Waals surface area contributed by atoms with Crippen molar-refractivity contribution in [3.8, 4) is 11.1 Å². The van der Waals surface area contributed by atoms with E-state index in [1.54, 1.807) is 18.0 Å². The summed E-state index contributed by atoms with van der Waals surface area (Å²) in [6.07, 6.45) is 4.30. The number of carboxylic acid groups (broad SMARTS) is 1. The summed E-state index contributed by atoms with van der Waals surface area (Å²) in [4.78, 5) is 27.3. The summed E-state index contributed by atoms with van der Waals surface area (Å²) in [7, 11) is 0. The molecule has 0 saturated carbocycles. The minimum Gasteiger partial charge on any atom is -0.481 e. The number of nitrogens with zero attached hydrogens (tertiary/aromatic N) is 1. The molecule has 0 radical (unpaired) electrons. The first-order valence-electron chi connectivity index (χ1n) is 15.7. The lowest BCUT2D eigenvalue weighted by atomic mass is 9.99. The van der Waals surface area contributed by atoms with Crippen molar-refractivity contribution >= 4 is 23.6 Å². The number of thioether (sulfide) groups is 1. The smallest absolute Gasteiger partial charge is 0.303 e. The van der Waals surface area contributed by atoms with Gasteiger partial charge in [-0.1, -0.05) is 79.2 Å². The zero-order chi connectivity index (χ0) is 32.1. The average molecular weight is 641 g/mol. The van der Waals surface area contributed by atoms with Crippen molar-refractivity contribution in [2.45, 2.75) is 75.2 Å². The number of carbonyl (C=O) groups is 2. The number of hydrogen-bond donors (Lipinski definition) is 3. The molecule has 1 aliphatic heterocycles. The number of hydrogen-bond acceptors (Lipinski definition) is 7. The highest BCUT2D eigenvalue weighted by molar-refractivity contribution is 7.99. The molecule has 1 saturated heterocycles. The first kappa shape index (κ1) is 33.3. The Morgan fingerprint density at radius 3 is 2.35 bits per heavy atom. The fourth-order valence-electron chi connectivity index (χ4n) is 5.35. The van der Waals surface area contributed by atoms with E-state index in [1.807, 2.05) is 72.8 Å². The maximum atomic E-state index is 12.3. The van der Waals surface area contributed by atoms with Gasteiger partial charge in [-0.15, -0.1) is 11.8 Å². The predicted molar refractivity (Wildman–Crippen MR) is 178 cm³/mol. The molecule has 0 aliphatic carbocycles. The van der Waals surface area contributed by atoms with Crippen LogP contribution >= 0.6 is 11.8 Å². The van der Waals surface area contributed by atoms with Gasteiger partial charge in [-0.2, -0.15) is 0 Å². The van der Waals surface area contributed by atoms with E-state index >= 15 is 0 Å². The average Bonchev–Trinajstić information content (AvgIpc) is 3.10. The van der Waals surface area contributed by atoms with E-state index in [2.05, 4.69) is 28.5 Å². The second-order valence-electron chi connectivity index (χ2n) is 11.4. The van der Waals surface area contributed by atoms with Crippen LogP contribution in [0.3, 0.4) is 0 Å². The van der Waals surface area contributed by atoms with Gasteiger partial charge in [0.2, 0.25) is 5.91 Å². The number of unbranched alkanes of at least 4 members (excludes halogenated alkanes) is 2. The molecule has 0 spiro atoms. The summed E-state index contributed by atoms with van der Waals surface area (Å²) in [5.74, 6) is -0.0871. The molecular weight excluding hydrogens is 600 g/mol. The van der Waals surface area contributed by atoms with Crippen molar-refractivity contribution in [3.63, 3.8) is 0 Å². The van der Waals surface area contributed by atoms with Gasteiger partial charge in [0.1, 0.15) is 0 Å². The molecule has 3 aromatic carbocycles. The second-order valence-corrected chi connectivity index (χ2v) is 12.4. The summed E-state index contributed by atoms with van der Waals surface area (Å²) >= 11 is 1.67. The Labute approximate surface area is 274 Å². The van der Waals surface area contributed by atoms with Gasteiger partial charge in [0.25, 0.3) is 0 Å². The van der Waals surface area contributed by atoms with Gasteiger partial charge < -0.3 is 25.0 Å². The van der Waals surface area contributed by atoms with Crippen LogP contribution in [0.4, 0.5) is 0 Å². The monoisotopic (exact) mass is 640 g/mol. The summed E-state index contributed by atoms with van der Waals surface area (Å²) in [6.45, 7) is 0.435. The maximum Gasteiger partial charge on any atom is 0.303 e. The number of carbonyl (C=O) groups excluding carboxylic acids is 1. The molecule has 3 unspecified atom stereocenters. The van der Waals surface area contributed by atoms with Gasteiger partial charge >= 0.3 is 5.97 Å². The first-order chi connectivity index (χ1) is 22.5. The lowest BCUT2D eigenvalue weighted by molar-refractivity contribution is -0.245. The van der Waals surface area contributed by atoms with Gasteiger partial charge in [-0.3, -0.25) is 9.59 Å². The quantitative estimate of drug-likeness (QED) is 0.0920. The van der Waals surface area contributed by atoms with Crippen LogP contribution < -0.4 is 5.32 Å². The fraction of sp³-hybridized carbons (Fsp3) is 0.324. The van der Waals surface area contributed by atoms with Crippen molar-refractivity contribution in [1.29, 1.82) is 0 Å². The summed E-state index contributed by atoms with van der Waals surface area (Å²) < 4.78 is 13.0. The number of carboxylic acids is 1. The van der Waals surface area contributed by atoms with E-state index in [9.17, 15) is 14.7 Å². The third-order valence-corrected chi connectivity index (χ3v) is 8.97. The van der Waals surface area contributed by atoms with Crippen LogP contribution in [0, 0.1) is 0 Å². The van der Waals surface area contributed by atoms with E-state index in [4.69, 9.17) is 14.6 Å². The molecule has 1 amide bonds. The summed E-state index contributed by atoms with van der Waals surface area (Å²) in [6, 6.07) is 30.1. The Kier molecular flexibility index (Phi) is 12.4. The highest BCUT2D eigenvalue weighted by atomic mass is 32.2. The van der Waals surface area contributed by atoms with Gasteiger partial charge in [0.05, 0.1) is 23.8 Å². The Hall–Kier alpha value is -4.02. The molecule has 8 nitrogen and oxygen atoms in total. The van der Waals surface area contributed by atoms with Crippen molar-refractivity contribution in [1.82, 2.24) is 10.3 Å². The largest absolute Gasteiger partial charge is 0.481 e. The molecule has 46 heavy (non-hydrogen) atoms. The molecular formula is C37H40N2O6S. The van der Waals surface area contributed by atoms with Crippen LogP contribution in [0.1, 0.15) is 73.2 Å². The lowest BCUT2D eigenvalue weighted by Gasteiger charge is -2.36. The van der Waals surface area contributed by atoms with Crippen LogP contribution in [0.25, 0.3) is 11.1 Å². The third kappa shape index (κ3) is 9.99. The van der Waals surface area contributed by atoms with E-state index < -0.39 is 12.3 Å². The van der Waals surface area contributed by atoms with Crippen molar-refractivity contribution < 1.29 is 29.3 Å². The van der Waals surface area contributed by atoms with Crippen LogP contribution in [0.5, 0.6) is 0 Å². The minimum atomic E-state index is -0.801. The Balaban J connectivity index is 1.21. The standard InChI is InChI=1S/C37H40N2O6S/c40-24-26-12-14-29(15-13-26)33-22-32(25-46-35-10-4-5-20-38-35)44-37(45-33)30-18-16-28(17-19-30)31-8-6-7-27(21-31)23-39-34(41)9-2-1-3-11-36(42)43/h4-8,10,12-21,32-33,37,40H,1-3,9,11,22-25H2,(H,39,41)(H,42,43). The number of aromatic nitrogens is 1. The minimum absolute atomic E-state index is 0.00233. The molecule has 5 rings (SSSR count). The highest BCUT2D eigenvalue weighted by Gasteiger charge is 2.32. The van der Waals surface area contributed by atoms with E-state index in [0.29, 0.717) is 32.2 Å². The van der Waals surface area contributed by atoms with Gasteiger partial charge in [0, 0.05) is 43.3 Å². The second kappa shape index (κ2) is 17.1. The van der Waals surface area contributed by atoms with E-state index in [1.165, 1.54) is 0 Å². The topological polar surface area (TPSA) is 118 Å². The van der Waals surface area contributed by atoms with Crippen LogP contribution in [-0.2, 0) is 32.2 Å². The normalized spacial score (nSPS) is 17.8. The maximum absolute atomic E-state index is 12.3. The van der Waals surface area contributed by atoms with E-state index in [0.717, 1.165) is 50.6 Å². The molecule has 1 aliphatic rings. The number of pyridine rings is 1. The lowest BCUT2D eigenvalue weighted by Crippen LogP contribution is -2.31. The zero-order valence-corrected chi connectivity index (χ0v) is 26.5. The fourth-order valence-corrected chi connectivity index (χ4v) is 6.24. The van der Waals surface area contributed by atoms with Crippen LogP contribution in [-0.4, -0.2) is 38.9 Å². The SMILES string of the molecule is O=C(O)CCCCCC(=O)NCc1cccc(-c2ccc(C3OC(CSc4ccccn4)CC(c4ccc(CO)cc4)O3)cc2)c1. The number of rotatable bonds is 15. The number of aliphatic hydroxyl groups excluding tert-OH is 1. The predicted octanol–water partition coefficient (Wildman–Crippen LogP) is 7.23. The highest BCUT2D eigenvalue weighted by Crippen LogP contribution is 2.39. The molecule has 4 aromatic rings. The number of benzene rings is 3. The Bertz CT molecular complexity index is 1550. The molecule has 240 valence electrons. The number of ether oxygens (including phenoxy) is 2. The molecule has 3 atom stereocenters. The molecule has 3 N–H and O–H groups in total. The van der Waals surface area contributed by atoms with Crippen LogP contribution in [0.2, 0.25) is 0 Å². The van der Waals surface area contributed by atoms with E-state index in [-0.39, 0.29) is 31.1 Å². The van der Waals surface area contributed by atoms with Gasteiger partial charge in [-0.05, 0) is 58.9 Å². The Morgan fingerprint density at radius 2 is 1.61 bits per heavy atom. The van der Waals surface area contributed by atoms with Crippen LogP contribution in [0.15, 0.2) is 102 Å². The number of nitrogens with one attached hydrogen (secondary N) is 1. The summed E-state index contributed by atoms with van der Waals surface area (Å²) in [5.41, 5.74) is 5.94. The molecule has 2 heterocycles. The molecule has 0 bridgehead atoms.